The first-order valence-corrected chi connectivity index (χ1v) is 7.88. The van der Waals surface area contributed by atoms with Gasteiger partial charge in [-0.15, -0.1) is 5.10 Å². The maximum atomic E-state index is 4.62. The zero-order valence-electron chi connectivity index (χ0n) is 11.5. The largest absolute Gasteiger partial charge is 0.269 e. The lowest BCUT2D eigenvalue weighted by Gasteiger charge is -2.12. The van der Waals surface area contributed by atoms with Crippen molar-refractivity contribution < 1.29 is 0 Å². The van der Waals surface area contributed by atoms with Crippen molar-refractivity contribution in [3.8, 4) is 0 Å². The molecular weight excluding hydrogens is 306 g/mol. The molecule has 0 amide bonds. The summed E-state index contributed by atoms with van der Waals surface area (Å²) in [4.78, 5) is 0. The zero-order chi connectivity index (χ0) is 13.7. The van der Waals surface area contributed by atoms with Gasteiger partial charge in [0, 0.05) is 24.1 Å². The number of alkyl halides is 1. The van der Waals surface area contributed by atoms with Crippen LogP contribution in [-0.2, 0) is 13.0 Å². The van der Waals surface area contributed by atoms with Gasteiger partial charge in [-0.1, -0.05) is 35.0 Å². The van der Waals surface area contributed by atoms with E-state index in [2.05, 4.69) is 62.1 Å². The van der Waals surface area contributed by atoms with E-state index < -0.39 is 0 Å². The molecule has 104 valence electrons. The minimum absolute atomic E-state index is 0.494. The first-order valence-electron chi connectivity index (χ1n) is 6.75. The lowest BCUT2D eigenvalue weighted by atomic mass is 10.2. The predicted molar refractivity (Wildman–Crippen MR) is 78.5 cm³/mol. The highest BCUT2D eigenvalue weighted by molar-refractivity contribution is 9.09. The number of aryl methyl sites for hydroxylation is 1. The predicted octanol–water partition coefficient (Wildman–Crippen LogP) is 2.82. The van der Waals surface area contributed by atoms with Crippen molar-refractivity contribution >= 4 is 15.9 Å². The molecular formula is C13H20BrN5. The summed E-state index contributed by atoms with van der Waals surface area (Å²) in [5, 5.41) is 13.8. The minimum atomic E-state index is 0.494. The summed E-state index contributed by atoms with van der Waals surface area (Å²) in [5.41, 5.74) is 2.04. The summed E-state index contributed by atoms with van der Waals surface area (Å²) in [6, 6.07) is 2.55. The van der Waals surface area contributed by atoms with Crippen molar-refractivity contribution in [3.05, 3.63) is 29.8 Å². The molecule has 2 heterocycles. The van der Waals surface area contributed by atoms with Crippen LogP contribution in [0.15, 0.2) is 18.5 Å². The third kappa shape index (κ3) is 3.65. The highest BCUT2D eigenvalue weighted by atomic mass is 79.9. The molecule has 0 fully saturated rings. The Balaban J connectivity index is 2.02. The van der Waals surface area contributed by atoms with E-state index in [1.807, 2.05) is 10.9 Å². The van der Waals surface area contributed by atoms with Crippen LogP contribution in [0.25, 0.3) is 0 Å². The van der Waals surface area contributed by atoms with Crippen LogP contribution in [0.1, 0.15) is 44.1 Å². The minimum Gasteiger partial charge on any atom is -0.269 e. The maximum absolute atomic E-state index is 4.62. The summed E-state index contributed by atoms with van der Waals surface area (Å²) in [6.07, 6.45) is 7.16. The first kappa shape index (κ1) is 14.2. The van der Waals surface area contributed by atoms with Gasteiger partial charge in [-0.3, -0.25) is 4.68 Å². The Morgan fingerprint density at radius 3 is 2.74 bits per heavy atom. The second-order valence-electron chi connectivity index (χ2n) is 4.60. The monoisotopic (exact) mass is 325 g/mol. The van der Waals surface area contributed by atoms with E-state index in [1.54, 1.807) is 0 Å². The van der Waals surface area contributed by atoms with E-state index in [-0.39, 0.29) is 0 Å². The molecule has 0 aromatic carbocycles. The Bertz CT molecular complexity index is 501. The molecule has 5 nitrogen and oxygen atoms in total. The molecule has 2 aromatic heterocycles. The van der Waals surface area contributed by atoms with Crippen LogP contribution < -0.4 is 0 Å². The topological polar surface area (TPSA) is 48.5 Å². The molecule has 0 radical (unpaired) electrons. The molecule has 0 aliphatic carbocycles. The molecule has 0 saturated carbocycles. The molecule has 2 aromatic rings. The Hall–Kier alpha value is -1.17. The fraction of sp³-hybridized carbons (Fsp3) is 0.615. The van der Waals surface area contributed by atoms with Crippen LogP contribution in [-0.4, -0.2) is 30.1 Å². The normalized spacial score (nSPS) is 11.4. The van der Waals surface area contributed by atoms with Crippen molar-refractivity contribution in [3.63, 3.8) is 0 Å². The van der Waals surface area contributed by atoms with Gasteiger partial charge in [-0.05, 0) is 18.9 Å². The fourth-order valence-electron chi connectivity index (χ4n) is 2.12. The van der Waals surface area contributed by atoms with Crippen molar-refractivity contribution in [1.29, 1.82) is 0 Å². The van der Waals surface area contributed by atoms with Crippen LogP contribution in [0.4, 0.5) is 0 Å². The van der Waals surface area contributed by atoms with Gasteiger partial charge in [-0.2, -0.15) is 5.10 Å². The van der Waals surface area contributed by atoms with Crippen molar-refractivity contribution in [2.24, 2.45) is 0 Å². The molecule has 0 aliphatic heterocycles. The molecule has 0 unspecified atom stereocenters. The van der Waals surface area contributed by atoms with Gasteiger partial charge < -0.3 is 0 Å². The van der Waals surface area contributed by atoms with Gasteiger partial charge in [0.15, 0.2) is 0 Å². The zero-order valence-corrected chi connectivity index (χ0v) is 13.0. The Morgan fingerprint density at radius 1 is 1.26 bits per heavy atom. The average molecular weight is 326 g/mol. The van der Waals surface area contributed by atoms with Crippen molar-refractivity contribution in [1.82, 2.24) is 24.8 Å². The lowest BCUT2D eigenvalue weighted by molar-refractivity contribution is 0.423. The summed E-state index contributed by atoms with van der Waals surface area (Å²) in [6.45, 7) is 5.07. The summed E-state index contributed by atoms with van der Waals surface area (Å²) in [7, 11) is 0. The molecule has 0 bridgehead atoms. The number of nitrogens with zero attached hydrogens (tertiary/aromatic N) is 5. The van der Waals surface area contributed by atoms with E-state index in [0.717, 1.165) is 36.0 Å². The number of aromatic nitrogens is 5. The third-order valence-electron chi connectivity index (χ3n) is 3.24. The van der Waals surface area contributed by atoms with Gasteiger partial charge in [0.05, 0.1) is 24.0 Å². The molecule has 2 rings (SSSR count). The van der Waals surface area contributed by atoms with Gasteiger partial charge in [0.25, 0.3) is 0 Å². The number of hydrogen-bond acceptors (Lipinski definition) is 3. The van der Waals surface area contributed by atoms with E-state index >= 15 is 0 Å². The smallest absolute Gasteiger partial charge is 0.0867 e. The molecule has 6 heteroatoms. The van der Waals surface area contributed by atoms with Gasteiger partial charge in [-0.25, -0.2) is 4.68 Å². The quantitative estimate of drug-likeness (QED) is 0.735. The number of rotatable bonds is 7. The molecule has 0 spiro atoms. The molecule has 19 heavy (non-hydrogen) atoms. The van der Waals surface area contributed by atoms with Crippen LogP contribution >= 0.6 is 15.9 Å². The summed E-state index contributed by atoms with van der Waals surface area (Å²) in [5.74, 6) is 0. The van der Waals surface area contributed by atoms with Crippen LogP contribution in [0, 0.1) is 0 Å². The Morgan fingerprint density at radius 2 is 2.05 bits per heavy atom. The number of halogens is 1. The van der Waals surface area contributed by atoms with Crippen molar-refractivity contribution in [2.75, 3.05) is 5.33 Å². The van der Waals surface area contributed by atoms with E-state index in [4.69, 9.17) is 0 Å². The second kappa shape index (κ2) is 6.84. The maximum Gasteiger partial charge on any atom is 0.0867 e. The SMILES string of the molecule is CCC(CC)n1ccc(Cn2cc(CCBr)nn2)n1. The first-order chi connectivity index (χ1) is 9.26. The molecule has 0 atom stereocenters. The summed E-state index contributed by atoms with van der Waals surface area (Å²) < 4.78 is 3.91. The third-order valence-corrected chi connectivity index (χ3v) is 3.64. The fourth-order valence-corrected chi connectivity index (χ4v) is 2.53. The van der Waals surface area contributed by atoms with Crippen LogP contribution in [0.2, 0.25) is 0 Å². The molecule has 0 N–H and O–H groups in total. The van der Waals surface area contributed by atoms with E-state index in [9.17, 15) is 0 Å². The highest BCUT2D eigenvalue weighted by Crippen LogP contribution is 2.14. The van der Waals surface area contributed by atoms with Crippen LogP contribution in [0.5, 0.6) is 0 Å². The summed E-state index contributed by atoms with van der Waals surface area (Å²) >= 11 is 3.40. The van der Waals surface area contributed by atoms with Gasteiger partial charge in [0.2, 0.25) is 0 Å². The van der Waals surface area contributed by atoms with E-state index in [1.165, 1.54) is 0 Å². The molecule has 0 aliphatic rings. The Kier molecular flexibility index (Phi) is 5.13. The Labute approximate surface area is 122 Å². The van der Waals surface area contributed by atoms with E-state index in [0.29, 0.717) is 12.6 Å². The lowest BCUT2D eigenvalue weighted by Crippen LogP contribution is -2.09. The second-order valence-corrected chi connectivity index (χ2v) is 5.40. The standard InChI is InChI=1S/C13H20BrN5/c1-3-13(4-2)19-8-6-12(16-19)10-18-9-11(5-7-14)15-17-18/h6,8-9,13H,3-5,7,10H2,1-2H3. The van der Waals surface area contributed by atoms with Crippen molar-refractivity contribution in [2.45, 2.75) is 45.7 Å². The average Bonchev–Trinajstić information content (AvgIpc) is 3.02. The van der Waals surface area contributed by atoms with Crippen LogP contribution in [0.3, 0.4) is 0 Å². The van der Waals surface area contributed by atoms with Gasteiger partial charge >= 0.3 is 0 Å². The molecule has 0 saturated heterocycles. The van der Waals surface area contributed by atoms with Gasteiger partial charge in [0.1, 0.15) is 0 Å². The number of hydrogen-bond donors (Lipinski definition) is 0. The highest BCUT2D eigenvalue weighted by Gasteiger charge is 2.09.